The number of rotatable bonds is 6. The van der Waals surface area contributed by atoms with Crippen molar-refractivity contribution in [2.24, 2.45) is 0 Å². The van der Waals surface area contributed by atoms with Gasteiger partial charge in [0.15, 0.2) is 0 Å². The summed E-state index contributed by atoms with van der Waals surface area (Å²) in [5, 5.41) is 6.97. The largest absolute Gasteiger partial charge is 0.367 e. The van der Waals surface area contributed by atoms with E-state index < -0.39 is 0 Å². The van der Waals surface area contributed by atoms with E-state index in [1.165, 1.54) is 17.6 Å². The number of benzene rings is 1. The van der Waals surface area contributed by atoms with Crippen LogP contribution in [0.3, 0.4) is 0 Å². The van der Waals surface area contributed by atoms with Crippen molar-refractivity contribution in [1.29, 1.82) is 0 Å². The fraction of sp³-hybridized carbons (Fsp3) is 0.438. The first kappa shape index (κ1) is 14.6. The molecule has 3 rings (SSSR count). The van der Waals surface area contributed by atoms with E-state index in [0.717, 1.165) is 13.0 Å². The number of fused-ring (bicyclic) bond motifs is 1. The molecule has 0 aliphatic carbocycles. The van der Waals surface area contributed by atoms with Crippen LogP contribution in [0.5, 0.6) is 0 Å². The van der Waals surface area contributed by atoms with Crippen LogP contribution in [-0.2, 0) is 17.8 Å². The van der Waals surface area contributed by atoms with Gasteiger partial charge in [-0.1, -0.05) is 18.2 Å². The fourth-order valence-corrected chi connectivity index (χ4v) is 2.94. The minimum atomic E-state index is 0.0515. The number of amides is 1. The van der Waals surface area contributed by atoms with E-state index in [1.807, 2.05) is 0 Å². The molecule has 1 aliphatic rings. The van der Waals surface area contributed by atoms with Crippen molar-refractivity contribution in [2.75, 3.05) is 18.0 Å². The highest BCUT2D eigenvalue weighted by Crippen LogP contribution is 2.31. The van der Waals surface area contributed by atoms with Crippen LogP contribution >= 0.6 is 0 Å². The van der Waals surface area contributed by atoms with Crippen molar-refractivity contribution in [2.45, 2.75) is 32.4 Å². The molecule has 0 fully saturated rings. The summed E-state index contributed by atoms with van der Waals surface area (Å²) in [7, 11) is 0. The van der Waals surface area contributed by atoms with Crippen LogP contribution in [0.25, 0.3) is 0 Å². The van der Waals surface area contributed by atoms with Crippen molar-refractivity contribution in [1.82, 2.24) is 20.1 Å². The van der Waals surface area contributed by atoms with Gasteiger partial charge in [0, 0.05) is 31.2 Å². The second kappa shape index (κ2) is 6.60. The Morgan fingerprint density at radius 2 is 2.23 bits per heavy atom. The molecule has 0 saturated carbocycles. The molecule has 1 atom stereocenters. The molecule has 0 radical (unpaired) electrons. The summed E-state index contributed by atoms with van der Waals surface area (Å²) in [6.07, 6.45) is 4.60. The van der Waals surface area contributed by atoms with Gasteiger partial charge < -0.3 is 10.2 Å². The average Bonchev–Trinajstić information content (AvgIpc) is 3.13. The molecule has 0 bridgehead atoms. The minimum Gasteiger partial charge on any atom is -0.367 e. The standard InChI is InChI=1S/C16H21N5O/c1-13-10-14-4-2-3-5-15(14)21(13)9-7-18-16(22)6-8-20-12-17-11-19-20/h2-5,11-13H,6-10H2,1H3,(H,18,22). The van der Waals surface area contributed by atoms with Crippen molar-refractivity contribution in [3.63, 3.8) is 0 Å². The smallest absolute Gasteiger partial charge is 0.221 e. The van der Waals surface area contributed by atoms with Gasteiger partial charge in [0.05, 0.1) is 6.54 Å². The molecule has 2 aromatic rings. The third-order valence-corrected chi connectivity index (χ3v) is 4.06. The molecule has 6 nitrogen and oxygen atoms in total. The number of hydrogen-bond donors (Lipinski definition) is 1. The van der Waals surface area contributed by atoms with Crippen LogP contribution in [-0.4, -0.2) is 39.8 Å². The maximum Gasteiger partial charge on any atom is 0.221 e. The first-order valence-corrected chi connectivity index (χ1v) is 7.67. The van der Waals surface area contributed by atoms with Crippen molar-refractivity contribution >= 4 is 11.6 Å². The Bertz CT molecular complexity index is 625. The zero-order chi connectivity index (χ0) is 15.4. The lowest BCUT2D eigenvalue weighted by molar-refractivity contribution is -0.121. The van der Waals surface area contributed by atoms with Gasteiger partial charge in [0.2, 0.25) is 5.91 Å². The molecular weight excluding hydrogens is 278 g/mol. The second-order valence-corrected chi connectivity index (χ2v) is 5.63. The number of carbonyl (C=O) groups excluding carboxylic acids is 1. The van der Waals surface area contributed by atoms with E-state index in [4.69, 9.17) is 0 Å². The number of aromatic nitrogens is 3. The monoisotopic (exact) mass is 299 g/mol. The summed E-state index contributed by atoms with van der Waals surface area (Å²) < 4.78 is 1.67. The second-order valence-electron chi connectivity index (χ2n) is 5.63. The molecule has 1 aliphatic heterocycles. The first-order chi connectivity index (χ1) is 10.7. The highest BCUT2D eigenvalue weighted by atomic mass is 16.1. The van der Waals surface area contributed by atoms with E-state index in [2.05, 4.69) is 51.5 Å². The molecule has 0 spiro atoms. The summed E-state index contributed by atoms with van der Waals surface area (Å²) >= 11 is 0. The van der Waals surface area contributed by atoms with Crippen LogP contribution in [0.4, 0.5) is 5.69 Å². The maximum absolute atomic E-state index is 11.8. The lowest BCUT2D eigenvalue weighted by Crippen LogP contribution is -2.38. The molecular formula is C16H21N5O. The SMILES string of the molecule is CC1Cc2ccccc2N1CCNC(=O)CCn1cncn1. The number of aryl methyl sites for hydroxylation is 1. The third-order valence-electron chi connectivity index (χ3n) is 4.06. The molecule has 1 aromatic heterocycles. The minimum absolute atomic E-state index is 0.0515. The van der Waals surface area contributed by atoms with E-state index in [0.29, 0.717) is 25.6 Å². The predicted molar refractivity (Wildman–Crippen MR) is 84.6 cm³/mol. The van der Waals surface area contributed by atoms with Gasteiger partial charge in [-0.25, -0.2) is 4.98 Å². The van der Waals surface area contributed by atoms with Crippen LogP contribution in [0.15, 0.2) is 36.9 Å². The zero-order valence-electron chi connectivity index (χ0n) is 12.8. The summed E-state index contributed by atoms with van der Waals surface area (Å²) in [5.41, 5.74) is 2.69. The van der Waals surface area contributed by atoms with Crippen LogP contribution < -0.4 is 10.2 Å². The average molecular weight is 299 g/mol. The van der Waals surface area contributed by atoms with Crippen LogP contribution in [0.1, 0.15) is 18.9 Å². The molecule has 116 valence electrons. The number of carbonyl (C=O) groups is 1. The van der Waals surface area contributed by atoms with E-state index >= 15 is 0 Å². The molecule has 1 unspecified atom stereocenters. The Morgan fingerprint density at radius 3 is 3.05 bits per heavy atom. The van der Waals surface area contributed by atoms with Gasteiger partial charge in [0.25, 0.3) is 0 Å². The number of anilines is 1. The summed E-state index contributed by atoms with van der Waals surface area (Å²) in [6.45, 7) is 4.30. The van der Waals surface area contributed by atoms with Crippen LogP contribution in [0, 0.1) is 0 Å². The van der Waals surface area contributed by atoms with Crippen LogP contribution in [0.2, 0.25) is 0 Å². The Morgan fingerprint density at radius 1 is 1.36 bits per heavy atom. The fourth-order valence-electron chi connectivity index (χ4n) is 2.94. The summed E-state index contributed by atoms with van der Waals surface area (Å²) in [4.78, 5) is 18.1. The molecule has 2 heterocycles. The van der Waals surface area contributed by atoms with Gasteiger partial charge in [-0.2, -0.15) is 5.10 Å². The third kappa shape index (κ3) is 3.27. The lowest BCUT2D eigenvalue weighted by Gasteiger charge is -2.25. The normalized spacial score (nSPS) is 16.6. The quantitative estimate of drug-likeness (QED) is 0.871. The number of hydrogen-bond acceptors (Lipinski definition) is 4. The zero-order valence-corrected chi connectivity index (χ0v) is 12.8. The number of para-hydroxylation sites is 1. The van der Waals surface area contributed by atoms with Gasteiger partial charge >= 0.3 is 0 Å². The molecule has 1 aromatic carbocycles. The Labute approximate surface area is 130 Å². The lowest BCUT2D eigenvalue weighted by atomic mass is 10.1. The molecule has 22 heavy (non-hydrogen) atoms. The number of nitrogens with one attached hydrogen (secondary N) is 1. The van der Waals surface area contributed by atoms with E-state index in [9.17, 15) is 4.79 Å². The van der Waals surface area contributed by atoms with E-state index in [1.54, 1.807) is 11.0 Å². The van der Waals surface area contributed by atoms with Crippen molar-refractivity contribution < 1.29 is 4.79 Å². The maximum atomic E-state index is 11.8. The molecule has 1 amide bonds. The predicted octanol–water partition coefficient (Wildman–Crippen LogP) is 1.24. The topological polar surface area (TPSA) is 63.1 Å². The summed E-state index contributed by atoms with van der Waals surface area (Å²) in [5.74, 6) is 0.0515. The van der Waals surface area contributed by atoms with Gasteiger partial charge in [-0.05, 0) is 25.0 Å². The van der Waals surface area contributed by atoms with Gasteiger partial charge in [-0.15, -0.1) is 0 Å². The van der Waals surface area contributed by atoms with E-state index in [-0.39, 0.29) is 5.91 Å². The molecule has 1 N–H and O–H groups in total. The first-order valence-electron chi connectivity index (χ1n) is 7.67. The summed E-state index contributed by atoms with van der Waals surface area (Å²) in [6, 6.07) is 8.99. The van der Waals surface area contributed by atoms with Crippen molar-refractivity contribution in [3.05, 3.63) is 42.5 Å². The highest BCUT2D eigenvalue weighted by molar-refractivity contribution is 5.75. The van der Waals surface area contributed by atoms with Gasteiger partial charge in [-0.3, -0.25) is 9.48 Å². The van der Waals surface area contributed by atoms with Gasteiger partial charge in [0.1, 0.15) is 12.7 Å². The number of nitrogens with zero attached hydrogens (tertiary/aromatic N) is 4. The Hall–Kier alpha value is -2.37. The Kier molecular flexibility index (Phi) is 4.37. The molecule has 6 heteroatoms. The highest BCUT2D eigenvalue weighted by Gasteiger charge is 2.24. The van der Waals surface area contributed by atoms with Crippen molar-refractivity contribution in [3.8, 4) is 0 Å². The Balaban J connectivity index is 1.44. The molecule has 0 saturated heterocycles.